The summed E-state index contributed by atoms with van der Waals surface area (Å²) in [6.45, 7) is 0. The highest BCUT2D eigenvalue weighted by Gasteiger charge is 2.39. The van der Waals surface area contributed by atoms with E-state index in [1.807, 2.05) is 149 Å². The molecule has 0 radical (unpaired) electrons. The first kappa shape index (κ1) is 40.4. The molecule has 66 heavy (non-hydrogen) atoms. The third-order valence-corrected chi connectivity index (χ3v) is 12.4. The Morgan fingerprint density at radius 2 is 0.848 bits per heavy atom. The Morgan fingerprint density at radius 3 is 1.36 bits per heavy atom. The summed E-state index contributed by atoms with van der Waals surface area (Å²) in [5.41, 5.74) is 5.25. The molecule has 0 atom stereocenters. The molecule has 0 spiro atoms. The molecule has 9 heteroatoms. The predicted octanol–water partition coefficient (Wildman–Crippen LogP) is 16.5. The summed E-state index contributed by atoms with van der Waals surface area (Å²) in [7, 11) is 0. The van der Waals surface area contributed by atoms with Crippen LogP contribution < -0.4 is 0 Å². The summed E-state index contributed by atoms with van der Waals surface area (Å²) in [5.74, 6) is 0. The molecule has 0 aliphatic heterocycles. The summed E-state index contributed by atoms with van der Waals surface area (Å²) < 4.78 is 92.6. The van der Waals surface area contributed by atoms with E-state index in [0.29, 0.717) is 23.0 Å². The normalized spacial score (nSPS) is 12.1. The smallest absolute Gasteiger partial charge is 0.309 e. The fraction of sp³-hybridized carbons (Fsp3) is 0.0351. The summed E-state index contributed by atoms with van der Waals surface area (Å²) in [4.78, 5) is 0. The molecule has 0 bridgehead atoms. The zero-order valence-electron chi connectivity index (χ0n) is 34.7. The Hall–Kier alpha value is -8.35. The van der Waals surface area contributed by atoms with Crippen molar-refractivity contribution in [3.05, 3.63) is 217 Å². The van der Waals surface area contributed by atoms with Crippen LogP contribution in [-0.2, 0) is 12.4 Å². The second kappa shape index (κ2) is 15.4. The summed E-state index contributed by atoms with van der Waals surface area (Å²) in [5, 5.41) is 14.7. The van der Waals surface area contributed by atoms with Crippen LogP contribution in [0.25, 0.3) is 99.5 Å². The van der Waals surface area contributed by atoms with E-state index in [1.165, 1.54) is 6.07 Å². The molecule has 11 aromatic rings. The highest BCUT2D eigenvalue weighted by atomic mass is 19.4. The van der Waals surface area contributed by atoms with Crippen molar-refractivity contribution in [1.82, 2.24) is 9.13 Å². The zero-order valence-corrected chi connectivity index (χ0v) is 34.7. The van der Waals surface area contributed by atoms with E-state index < -0.39 is 29.0 Å². The average molecular weight is 874 g/mol. The van der Waals surface area contributed by atoms with Crippen LogP contribution in [0.4, 0.5) is 26.3 Å². The number of benzene rings is 9. The molecule has 0 aliphatic carbocycles. The van der Waals surface area contributed by atoms with Gasteiger partial charge in [0.1, 0.15) is 0 Å². The number of fused-ring (bicyclic) bond motifs is 6. The third-order valence-electron chi connectivity index (χ3n) is 12.4. The van der Waals surface area contributed by atoms with Crippen molar-refractivity contribution in [2.75, 3.05) is 0 Å². The van der Waals surface area contributed by atoms with Gasteiger partial charge in [-0.15, -0.1) is 0 Å². The van der Waals surface area contributed by atoms with Crippen molar-refractivity contribution in [3.8, 4) is 62.0 Å². The highest BCUT2D eigenvalue weighted by Crippen LogP contribution is 2.49. The van der Waals surface area contributed by atoms with Crippen molar-refractivity contribution >= 4 is 43.6 Å². The quantitative estimate of drug-likeness (QED) is 0.153. The molecule has 0 fully saturated rings. The molecule has 0 saturated heterocycles. The van der Waals surface area contributed by atoms with Crippen molar-refractivity contribution in [1.29, 1.82) is 5.26 Å². The SMILES string of the molecule is N#Cc1cccc(-n2c3ccccc3c3cc(-c4ccccc4)ccc32)c1-c1c(-c2ccc(C(F)(F)F)cc2C(F)(F)F)cccc1-n1c2ccccc2c2cc(-c3ccccc3)ccc21. The van der Waals surface area contributed by atoms with E-state index in [2.05, 4.69) is 18.2 Å². The topological polar surface area (TPSA) is 33.6 Å². The van der Waals surface area contributed by atoms with Crippen LogP contribution in [0.1, 0.15) is 16.7 Å². The highest BCUT2D eigenvalue weighted by molar-refractivity contribution is 6.13. The van der Waals surface area contributed by atoms with Gasteiger partial charge in [0.15, 0.2) is 0 Å². The molecular weight excluding hydrogens is 841 g/mol. The molecule has 2 aromatic heterocycles. The maximum absolute atomic E-state index is 15.3. The van der Waals surface area contributed by atoms with Crippen LogP contribution in [0.15, 0.2) is 200 Å². The molecule has 11 rings (SSSR count). The minimum atomic E-state index is -5.19. The lowest BCUT2D eigenvalue weighted by Crippen LogP contribution is -2.13. The largest absolute Gasteiger partial charge is 0.417 e. The maximum Gasteiger partial charge on any atom is 0.417 e. The zero-order chi connectivity index (χ0) is 45.3. The first-order chi connectivity index (χ1) is 32.0. The fourth-order valence-electron chi connectivity index (χ4n) is 9.57. The van der Waals surface area contributed by atoms with E-state index in [-0.39, 0.29) is 22.8 Å². The van der Waals surface area contributed by atoms with Crippen LogP contribution in [-0.4, -0.2) is 9.13 Å². The minimum Gasteiger partial charge on any atom is -0.309 e. The number of para-hydroxylation sites is 2. The number of hydrogen-bond acceptors (Lipinski definition) is 1. The number of aromatic nitrogens is 2. The number of halogens is 6. The summed E-state index contributed by atoms with van der Waals surface area (Å²) in [6.07, 6.45) is -10.2. The number of alkyl halides is 6. The first-order valence-corrected chi connectivity index (χ1v) is 21.1. The first-order valence-electron chi connectivity index (χ1n) is 21.1. The van der Waals surface area contributed by atoms with Gasteiger partial charge in [0.2, 0.25) is 0 Å². The molecule has 3 nitrogen and oxygen atoms in total. The van der Waals surface area contributed by atoms with Gasteiger partial charge in [0.05, 0.1) is 56.2 Å². The lowest BCUT2D eigenvalue weighted by molar-refractivity contribution is -0.142. The molecule has 0 unspecified atom stereocenters. The number of rotatable bonds is 6. The van der Waals surface area contributed by atoms with E-state index in [9.17, 15) is 18.4 Å². The van der Waals surface area contributed by atoms with Crippen molar-refractivity contribution in [2.45, 2.75) is 12.4 Å². The molecule has 0 saturated carbocycles. The maximum atomic E-state index is 15.3. The van der Waals surface area contributed by atoms with Crippen LogP contribution in [0.5, 0.6) is 0 Å². The third kappa shape index (κ3) is 6.60. The van der Waals surface area contributed by atoms with Crippen LogP contribution in [0.2, 0.25) is 0 Å². The Morgan fingerprint density at radius 1 is 0.364 bits per heavy atom. The number of nitrogens with zero attached hydrogens (tertiary/aromatic N) is 3. The monoisotopic (exact) mass is 873 g/mol. The van der Waals surface area contributed by atoms with Gasteiger partial charge in [-0.3, -0.25) is 0 Å². The van der Waals surface area contributed by atoms with Crippen LogP contribution in [0, 0.1) is 11.3 Å². The van der Waals surface area contributed by atoms with Gasteiger partial charge < -0.3 is 9.13 Å². The van der Waals surface area contributed by atoms with Gasteiger partial charge in [0.25, 0.3) is 0 Å². The fourth-order valence-corrected chi connectivity index (χ4v) is 9.57. The van der Waals surface area contributed by atoms with Crippen molar-refractivity contribution in [2.24, 2.45) is 0 Å². The van der Waals surface area contributed by atoms with Gasteiger partial charge in [-0.05, 0) is 100 Å². The van der Waals surface area contributed by atoms with E-state index >= 15 is 13.2 Å². The predicted molar refractivity (Wildman–Crippen MR) is 252 cm³/mol. The molecule has 0 amide bonds. The molecule has 2 heterocycles. The lowest BCUT2D eigenvalue weighted by Gasteiger charge is -2.24. The van der Waals surface area contributed by atoms with E-state index in [1.54, 1.807) is 24.3 Å². The van der Waals surface area contributed by atoms with Crippen LogP contribution in [0.3, 0.4) is 0 Å². The summed E-state index contributed by atoms with van der Waals surface area (Å²) >= 11 is 0. The number of nitriles is 1. The average Bonchev–Trinajstić information content (AvgIpc) is 3.85. The standard InChI is InChI=1S/C57H33F6N3/c58-56(59,60)40-27-28-41(47(33-40)57(61,62)63)44-20-12-24-53(66-49-22-10-8-19-43(49)46-32-38(26-30-51(46)66)36-15-5-2-6-16-36)55(44)54-39(34-64)17-11-23-52(54)65-48-21-9-7-18-42(48)45-31-37(25-29-50(45)65)35-13-3-1-4-14-35/h1-33H. The molecule has 0 N–H and O–H groups in total. The van der Waals surface area contributed by atoms with Gasteiger partial charge in [-0.1, -0.05) is 133 Å². The Kier molecular flexibility index (Phi) is 9.45. The molecule has 0 aliphatic rings. The number of hydrogen-bond donors (Lipinski definition) is 0. The van der Waals surface area contributed by atoms with Crippen LogP contribution >= 0.6 is 0 Å². The van der Waals surface area contributed by atoms with Gasteiger partial charge in [-0.2, -0.15) is 31.6 Å². The Balaban J connectivity index is 1.28. The Labute approximate surface area is 374 Å². The van der Waals surface area contributed by atoms with Crippen molar-refractivity contribution in [3.63, 3.8) is 0 Å². The Bertz CT molecular complexity index is 3740. The summed E-state index contributed by atoms with van der Waals surface area (Å²) in [6, 6.07) is 61.8. The van der Waals surface area contributed by atoms with Crippen molar-refractivity contribution < 1.29 is 26.3 Å². The lowest BCUT2D eigenvalue weighted by atomic mass is 9.86. The molecular formula is C57H33F6N3. The van der Waals surface area contributed by atoms with Gasteiger partial charge >= 0.3 is 12.4 Å². The second-order valence-electron chi connectivity index (χ2n) is 16.2. The van der Waals surface area contributed by atoms with Gasteiger partial charge in [0, 0.05) is 32.7 Å². The van der Waals surface area contributed by atoms with Gasteiger partial charge in [-0.25, -0.2) is 0 Å². The second-order valence-corrected chi connectivity index (χ2v) is 16.2. The molecule has 9 aromatic carbocycles. The van der Waals surface area contributed by atoms with E-state index in [0.717, 1.165) is 71.9 Å². The minimum absolute atomic E-state index is 0.00327. The molecule has 318 valence electrons. The van der Waals surface area contributed by atoms with E-state index in [4.69, 9.17) is 0 Å².